The zero-order valence-corrected chi connectivity index (χ0v) is 10.7. The molecule has 0 amide bonds. The Labute approximate surface area is 114 Å². The van der Waals surface area contributed by atoms with Crippen molar-refractivity contribution >= 4 is 17.6 Å². The second-order valence-corrected chi connectivity index (χ2v) is 4.16. The Balaban J connectivity index is 1.98. The van der Waals surface area contributed by atoms with Crippen molar-refractivity contribution in [3.63, 3.8) is 0 Å². The van der Waals surface area contributed by atoms with Crippen LogP contribution in [0.15, 0.2) is 36.4 Å². The van der Waals surface area contributed by atoms with Gasteiger partial charge >= 0.3 is 5.97 Å². The summed E-state index contributed by atoms with van der Waals surface area (Å²) in [6, 6.07) is 10.8. The monoisotopic (exact) mass is 278 g/mol. The van der Waals surface area contributed by atoms with E-state index in [1.165, 1.54) is 6.07 Å². The minimum atomic E-state index is -1.14. The van der Waals surface area contributed by atoms with Gasteiger partial charge in [-0.3, -0.25) is 0 Å². The van der Waals surface area contributed by atoms with E-state index < -0.39 is 5.97 Å². The number of rotatable bonds is 5. The Bertz CT molecular complexity index is 575. The van der Waals surface area contributed by atoms with E-state index in [2.05, 4.69) is 9.97 Å². The van der Waals surface area contributed by atoms with Gasteiger partial charge in [0.25, 0.3) is 0 Å². The number of carboxylic acids is 1. The fraction of sp³-hybridized carbons (Fsp3) is 0.154. The highest BCUT2D eigenvalue weighted by Crippen LogP contribution is 2.09. The van der Waals surface area contributed by atoms with Crippen molar-refractivity contribution in [2.45, 2.75) is 13.2 Å². The number of carboxylic acid groups (broad SMARTS) is 1. The van der Waals surface area contributed by atoms with Gasteiger partial charge < -0.3 is 9.84 Å². The molecular formula is C13H11ClN2O3. The first-order chi connectivity index (χ1) is 9.15. The normalized spacial score (nSPS) is 10.4. The average Bonchev–Trinajstić information content (AvgIpc) is 2.39. The van der Waals surface area contributed by atoms with Gasteiger partial charge in [0.2, 0.25) is 0 Å². The lowest BCUT2D eigenvalue weighted by Crippen LogP contribution is -2.07. The molecule has 5 nitrogen and oxygen atoms in total. The molecule has 0 fully saturated rings. The Morgan fingerprint density at radius 1 is 1.21 bits per heavy atom. The van der Waals surface area contributed by atoms with Gasteiger partial charge in [-0.2, -0.15) is 0 Å². The molecule has 98 valence electrons. The van der Waals surface area contributed by atoms with Crippen LogP contribution in [0.3, 0.4) is 0 Å². The summed E-state index contributed by atoms with van der Waals surface area (Å²) in [6.45, 7) is 0.509. The summed E-state index contributed by atoms with van der Waals surface area (Å²) in [5.41, 5.74) is 0.876. The molecule has 0 aliphatic heterocycles. The molecule has 19 heavy (non-hydrogen) atoms. The van der Waals surface area contributed by atoms with E-state index in [1.54, 1.807) is 0 Å². The van der Waals surface area contributed by atoms with Crippen LogP contribution >= 0.6 is 11.6 Å². The summed E-state index contributed by atoms with van der Waals surface area (Å²) in [4.78, 5) is 18.6. The van der Waals surface area contributed by atoms with Crippen molar-refractivity contribution in [3.8, 4) is 0 Å². The zero-order chi connectivity index (χ0) is 13.7. The van der Waals surface area contributed by atoms with E-state index in [-0.39, 0.29) is 23.3 Å². The van der Waals surface area contributed by atoms with Crippen molar-refractivity contribution in [2.75, 3.05) is 0 Å². The molecule has 0 radical (unpaired) electrons. The van der Waals surface area contributed by atoms with Gasteiger partial charge in [-0.1, -0.05) is 41.9 Å². The molecule has 1 aromatic heterocycles. The molecule has 1 N–H and O–H groups in total. The number of hydrogen-bond acceptors (Lipinski definition) is 4. The lowest BCUT2D eigenvalue weighted by molar-refractivity contribution is 0.0687. The smallest absolute Gasteiger partial charge is 0.354 e. The predicted molar refractivity (Wildman–Crippen MR) is 68.9 cm³/mol. The van der Waals surface area contributed by atoms with E-state index >= 15 is 0 Å². The number of benzene rings is 1. The van der Waals surface area contributed by atoms with Gasteiger partial charge in [0.1, 0.15) is 11.8 Å². The van der Waals surface area contributed by atoms with Gasteiger partial charge in [0, 0.05) is 6.07 Å². The third kappa shape index (κ3) is 4.01. The van der Waals surface area contributed by atoms with Crippen LogP contribution in [-0.4, -0.2) is 21.0 Å². The summed E-state index contributed by atoms with van der Waals surface area (Å²) >= 11 is 5.72. The molecule has 0 unspecified atom stereocenters. The molecule has 0 bridgehead atoms. The number of ether oxygens (including phenoxy) is 1. The Morgan fingerprint density at radius 3 is 2.63 bits per heavy atom. The SMILES string of the molecule is O=C(O)c1cc(Cl)nc(COCc2ccccc2)n1. The lowest BCUT2D eigenvalue weighted by Gasteiger charge is -2.04. The highest BCUT2D eigenvalue weighted by molar-refractivity contribution is 6.29. The van der Waals surface area contributed by atoms with Crippen molar-refractivity contribution in [1.29, 1.82) is 0 Å². The summed E-state index contributed by atoms with van der Waals surface area (Å²) < 4.78 is 5.42. The van der Waals surface area contributed by atoms with E-state index in [0.29, 0.717) is 6.61 Å². The van der Waals surface area contributed by atoms with Crippen LogP contribution in [0.4, 0.5) is 0 Å². The van der Waals surface area contributed by atoms with Gasteiger partial charge in [-0.25, -0.2) is 14.8 Å². The first-order valence-electron chi connectivity index (χ1n) is 5.53. The topological polar surface area (TPSA) is 72.3 Å². The molecule has 0 aliphatic rings. The minimum absolute atomic E-state index is 0.0886. The first-order valence-corrected chi connectivity index (χ1v) is 5.91. The Morgan fingerprint density at radius 2 is 1.95 bits per heavy atom. The molecule has 0 saturated carbocycles. The number of aromatic nitrogens is 2. The largest absolute Gasteiger partial charge is 0.477 e. The van der Waals surface area contributed by atoms with Crippen molar-refractivity contribution in [3.05, 3.63) is 58.6 Å². The van der Waals surface area contributed by atoms with Gasteiger partial charge in [0.05, 0.1) is 6.61 Å². The van der Waals surface area contributed by atoms with E-state index in [0.717, 1.165) is 5.56 Å². The lowest BCUT2D eigenvalue weighted by atomic mass is 10.2. The summed E-state index contributed by atoms with van der Waals surface area (Å²) in [6.07, 6.45) is 0. The van der Waals surface area contributed by atoms with Crippen LogP contribution in [0.25, 0.3) is 0 Å². The third-order valence-corrected chi connectivity index (χ3v) is 2.50. The maximum atomic E-state index is 10.8. The zero-order valence-electron chi connectivity index (χ0n) is 9.91. The van der Waals surface area contributed by atoms with Gasteiger partial charge in [-0.15, -0.1) is 0 Å². The molecule has 1 aromatic carbocycles. The molecule has 6 heteroatoms. The maximum absolute atomic E-state index is 10.8. The first kappa shape index (κ1) is 13.5. The van der Waals surface area contributed by atoms with Crippen molar-refractivity contribution in [1.82, 2.24) is 9.97 Å². The average molecular weight is 279 g/mol. The number of aromatic carboxylic acids is 1. The highest BCUT2D eigenvalue weighted by atomic mass is 35.5. The predicted octanol–water partition coefficient (Wildman–Crippen LogP) is 2.55. The quantitative estimate of drug-likeness (QED) is 0.851. The van der Waals surface area contributed by atoms with E-state index in [4.69, 9.17) is 21.4 Å². The molecule has 0 atom stereocenters. The fourth-order valence-corrected chi connectivity index (χ4v) is 1.67. The highest BCUT2D eigenvalue weighted by Gasteiger charge is 2.09. The number of hydrogen-bond donors (Lipinski definition) is 1. The standard InChI is InChI=1S/C13H11ClN2O3/c14-11-6-10(13(17)18)15-12(16-11)8-19-7-9-4-2-1-3-5-9/h1-6H,7-8H2,(H,17,18). The number of carbonyl (C=O) groups is 1. The molecule has 2 aromatic rings. The molecule has 0 aliphatic carbocycles. The van der Waals surface area contributed by atoms with Crippen LogP contribution in [0.1, 0.15) is 21.9 Å². The van der Waals surface area contributed by atoms with E-state index in [9.17, 15) is 4.79 Å². The molecule has 2 rings (SSSR count). The van der Waals surface area contributed by atoms with Crippen molar-refractivity contribution < 1.29 is 14.6 Å². The van der Waals surface area contributed by atoms with Crippen LogP contribution < -0.4 is 0 Å². The molecular weight excluding hydrogens is 268 g/mol. The van der Waals surface area contributed by atoms with Gasteiger partial charge in [0.15, 0.2) is 11.5 Å². The van der Waals surface area contributed by atoms with Crippen LogP contribution in [0.5, 0.6) is 0 Å². The number of halogens is 1. The molecule has 0 spiro atoms. The van der Waals surface area contributed by atoms with Gasteiger partial charge in [-0.05, 0) is 5.56 Å². The minimum Gasteiger partial charge on any atom is -0.477 e. The molecule has 0 saturated heterocycles. The second-order valence-electron chi connectivity index (χ2n) is 3.78. The van der Waals surface area contributed by atoms with Crippen molar-refractivity contribution in [2.24, 2.45) is 0 Å². The summed E-state index contributed by atoms with van der Waals surface area (Å²) in [5.74, 6) is -0.894. The number of nitrogens with zero attached hydrogens (tertiary/aromatic N) is 2. The third-order valence-electron chi connectivity index (χ3n) is 2.30. The van der Waals surface area contributed by atoms with Crippen LogP contribution in [0, 0.1) is 0 Å². The van der Waals surface area contributed by atoms with E-state index in [1.807, 2.05) is 30.3 Å². The summed E-state index contributed by atoms with van der Waals surface area (Å²) in [7, 11) is 0. The molecule has 1 heterocycles. The fourth-order valence-electron chi connectivity index (χ4n) is 1.47. The van der Waals surface area contributed by atoms with Crippen LogP contribution in [0.2, 0.25) is 5.15 Å². The Kier molecular flexibility index (Phi) is 4.43. The maximum Gasteiger partial charge on any atom is 0.354 e. The van der Waals surface area contributed by atoms with Crippen LogP contribution in [-0.2, 0) is 18.0 Å². The Hall–Kier alpha value is -1.98. The second kappa shape index (κ2) is 6.26. The summed E-state index contributed by atoms with van der Waals surface area (Å²) in [5, 5.41) is 8.94.